The molecule has 214 valence electrons. The number of benzene rings is 7. The number of rotatable bonds is 5. The van der Waals surface area contributed by atoms with Crippen molar-refractivity contribution in [3.8, 4) is 62.2 Å². The molecule has 0 aliphatic carbocycles. The zero-order valence-electron chi connectivity index (χ0n) is 24.9. The first-order valence-corrected chi connectivity index (χ1v) is 15.3. The smallest absolute Gasteiger partial charge is 0.160 e. The van der Waals surface area contributed by atoms with Crippen LogP contribution in [0.5, 0.6) is 0 Å². The monoisotopic (exact) mass is 585 g/mol. The lowest BCUT2D eigenvalue weighted by atomic mass is 9.85. The molecule has 0 bridgehead atoms. The van der Waals surface area contributed by atoms with Crippen LogP contribution >= 0.6 is 0 Å². The van der Waals surface area contributed by atoms with Gasteiger partial charge in [0.25, 0.3) is 0 Å². The van der Waals surface area contributed by atoms with Gasteiger partial charge in [-0.25, -0.2) is 9.97 Å². The fourth-order valence-corrected chi connectivity index (χ4v) is 6.36. The molecular formula is C43H27N3. The zero-order chi connectivity index (χ0) is 30.9. The molecule has 0 spiro atoms. The lowest BCUT2D eigenvalue weighted by Crippen LogP contribution is -1.96. The summed E-state index contributed by atoms with van der Waals surface area (Å²) in [5, 5.41) is 14.5. The molecule has 3 nitrogen and oxygen atoms in total. The van der Waals surface area contributed by atoms with Gasteiger partial charge in [0, 0.05) is 16.7 Å². The fourth-order valence-electron chi connectivity index (χ4n) is 6.36. The third-order valence-electron chi connectivity index (χ3n) is 8.51. The van der Waals surface area contributed by atoms with Crippen molar-refractivity contribution in [2.24, 2.45) is 0 Å². The second kappa shape index (κ2) is 11.6. The highest BCUT2D eigenvalue weighted by Gasteiger charge is 2.18. The van der Waals surface area contributed by atoms with Gasteiger partial charge >= 0.3 is 0 Å². The van der Waals surface area contributed by atoms with Crippen LogP contribution in [0.4, 0.5) is 0 Å². The van der Waals surface area contributed by atoms with Crippen LogP contribution < -0.4 is 0 Å². The van der Waals surface area contributed by atoms with Gasteiger partial charge in [0.1, 0.15) is 0 Å². The minimum atomic E-state index is 0.597. The van der Waals surface area contributed by atoms with E-state index in [0.717, 1.165) is 33.6 Å². The molecule has 0 fully saturated rings. The van der Waals surface area contributed by atoms with Crippen molar-refractivity contribution < 1.29 is 0 Å². The summed E-state index contributed by atoms with van der Waals surface area (Å²) < 4.78 is 0. The minimum absolute atomic E-state index is 0.597. The third-order valence-corrected chi connectivity index (χ3v) is 8.51. The maximum absolute atomic E-state index is 9.53. The molecule has 0 amide bonds. The Labute approximate surface area is 267 Å². The topological polar surface area (TPSA) is 49.6 Å². The van der Waals surface area contributed by atoms with Crippen LogP contribution in [0.1, 0.15) is 5.56 Å². The Morgan fingerprint density at radius 1 is 0.370 bits per heavy atom. The molecule has 1 heterocycles. The molecule has 7 aromatic carbocycles. The highest BCUT2D eigenvalue weighted by Crippen LogP contribution is 2.44. The largest absolute Gasteiger partial charge is 0.228 e. The van der Waals surface area contributed by atoms with E-state index in [1.165, 1.54) is 38.2 Å². The standard InChI is InChI=1S/C43H27N3/c44-28-29-12-11-17-34(26-29)40-27-39(30-13-3-1-4-14-30)45-43(46-40)33-24-22-32(23-25-33)42-38-21-10-8-19-36(38)35-18-7-9-20-37(35)41(42)31-15-5-2-6-16-31/h1-27H. The van der Waals surface area contributed by atoms with Crippen LogP contribution in [0, 0.1) is 11.3 Å². The molecule has 0 saturated carbocycles. The first-order chi connectivity index (χ1) is 22.8. The van der Waals surface area contributed by atoms with Gasteiger partial charge in [-0.15, -0.1) is 0 Å². The van der Waals surface area contributed by atoms with Crippen molar-refractivity contribution >= 4 is 21.5 Å². The second-order valence-corrected chi connectivity index (χ2v) is 11.3. The Morgan fingerprint density at radius 2 is 0.826 bits per heavy atom. The van der Waals surface area contributed by atoms with E-state index in [9.17, 15) is 5.26 Å². The number of fused-ring (bicyclic) bond motifs is 3. The predicted octanol–water partition coefficient (Wildman–Crippen LogP) is 11.0. The van der Waals surface area contributed by atoms with Gasteiger partial charge in [-0.1, -0.05) is 146 Å². The second-order valence-electron chi connectivity index (χ2n) is 11.3. The molecule has 3 heteroatoms. The van der Waals surface area contributed by atoms with E-state index < -0.39 is 0 Å². The molecule has 0 atom stereocenters. The summed E-state index contributed by atoms with van der Waals surface area (Å²) in [6.07, 6.45) is 0. The lowest BCUT2D eigenvalue weighted by Gasteiger charge is -2.18. The van der Waals surface area contributed by atoms with E-state index in [1.807, 2.05) is 48.5 Å². The molecule has 0 N–H and O–H groups in total. The molecule has 0 unspecified atom stereocenters. The van der Waals surface area contributed by atoms with Crippen LogP contribution in [0.2, 0.25) is 0 Å². The van der Waals surface area contributed by atoms with Crippen LogP contribution in [-0.4, -0.2) is 9.97 Å². The average Bonchev–Trinajstić information content (AvgIpc) is 3.15. The lowest BCUT2D eigenvalue weighted by molar-refractivity contribution is 1.18. The Bertz CT molecular complexity index is 2410. The Hall–Kier alpha value is -6.37. The Kier molecular flexibility index (Phi) is 6.87. The minimum Gasteiger partial charge on any atom is -0.228 e. The van der Waals surface area contributed by atoms with Gasteiger partial charge < -0.3 is 0 Å². The van der Waals surface area contributed by atoms with Crippen molar-refractivity contribution in [3.05, 3.63) is 169 Å². The SMILES string of the molecule is N#Cc1cccc(-c2cc(-c3ccccc3)nc(-c3ccc(-c4c(-c5ccccc5)c5ccccc5c5ccccc45)cc3)n2)c1. The van der Waals surface area contributed by atoms with Crippen LogP contribution in [0.25, 0.3) is 77.7 Å². The summed E-state index contributed by atoms with van der Waals surface area (Å²) in [4.78, 5) is 10.0. The molecule has 8 aromatic rings. The summed E-state index contributed by atoms with van der Waals surface area (Å²) >= 11 is 0. The van der Waals surface area contributed by atoms with Gasteiger partial charge in [-0.2, -0.15) is 5.26 Å². The van der Waals surface area contributed by atoms with Gasteiger partial charge in [-0.3, -0.25) is 0 Å². The Balaban J connectivity index is 1.32. The van der Waals surface area contributed by atoms with E-state index in [4.69, 9.17) is 9.97 Å². The van der Waals surface area contributed by atoms with Crippen molar-refractivity contribution in [1.82, 2.24) is 9.97 Å². The number of hydrogen-bond donors (Lipinski definition) is 0. The van der Waals surface area contributed by atoms with Crippen LogP contribution in [0.3, 0.4) is 0 Å². The maximum Gasteiger partial charge on any atom is 0.160 e. The average molecular weight is 586 g/mol. The fraction of sp³-hybridized carbons (Fsp3) is 0. The molecule has 8 rings (SSSR count). The van der Waals surface area contributed by atoms with Gasteiger partial charge in [-0.05, 0) is 62.0 Å². The van der Waals surface area contributed by atoms with E-state index in [0.29, 0.717) is 11.4 Å². The van der Waals surface area contributed by atoms with E-state index in [2.05, 4.69) is 121 Å². The Morgan fingerprint density at radius 3 is 1.41 bits per heavy atom. The number of aromatic nitrogens is 2. The summed E-state index contributed by atoms with van der Waals surface area (Å²) in [5.41, 5.74) is 9.77. The summed E-state index contributed by atoms with van der Waals surface area (Å²) in [6.45, 7) is 0. The zero-order valence-corrected chi connectivity index (χ0v) is 24.9. The van der Waals surface area contributed by atoms with E-state index in [-0.39, 0.29) is 0 Å². The normalized spacial score (nSPS) is 11.0. The van der Waals surface area contributed by atoms with Crippen molar-refractivity contribution in [2.75, 3.05) is 0 Å². The molecule has 0 aliphatic rings. The molecular weight excluding hydrogens is 558 g/mol. The van der Waals surface area contributed by atoms with Gasteiger partial charge in [0.05, 0.1) is 23.0 Å². The maximum atomic E-state index is 9.53. The highest BCUT2D eigenvalue weighted by atomic mass is 14.9. The molecule has 1 aromatic heterocycles. The third kappa shape index (κ3) is 4.89. The number of hydrogen-bond acceptors (Lipinski definition) is 3. The number of nitrogens with zero attached hydrogens (tertiary/aromatic N) is 3. The van der Waals surface area contributed by atoms with Gasteiger partial charge in [0.15, 0.2) is 5.82 Å². The van der Waals surface area contributed by atoms with Crippen molar-refractivity contribution in [2.45, 2.75) is 0 Å². The van der Waals surface area contributed by atoms with E-state index in [1.54, 1.807) is 0 Å². The molecule has 0 radical (unpaired) electrons. The first kappa shape index (κ1) is 27.2. The summed E-state index contributed by atoms with van der Waals surface area (Å²) in [5.74, 6) is 0.636. The van der Waals surface area contributed by atoms with Crippen molar-refractivity contribution in [3.63, 3.8) is 0 Å². The highest BCUT2D eigenvalue weighted by molar-refractivity contribution is 6.21. The van der Waals surface area contributed by atoms with Crippen LogP contribution in [0.15, 0.2) is 164 Å². The molecule has 0 aliphatic heterocycles. The summed E-state index contributed by atoms with van der Waals surface area (Å²) in [7, 11) is 0. The molecule has 0 saturated heterocycles. The van der Waals surface area contributed by atoms with Gasteiger partial charge in [0.2, 0.25) is 0 Å². The first-order valence-electron chi connectivity index (χ1n) is 15.3. The summed E-state index contributed by atoms with van der Waals surface area (Å²) in [6, 6.07) is 58.6. The number of nitriles is 1. The molecule has 46 heavy (non-hydrogen) atoms. The van der Waals surface area contributed by atoms with Crippen LogP contribution in [-0.2, 0) is 0 Å². The van der Waals surface area contributed by atoms with Crippen molar-refractivity contribution in [1.29, 1.82) is 5.26 Å². The predicted molar refractivity (Wildman–Crippen MR) is 189 cm³/mol. The quantitative estimate of drug-likeness (QED) is 0.189. The van der Waals surface area contributed by atoms with E-state index >= 15 is 0 Å².